The lowest BCUT2D eigenvalue weighted by atomic mass is 10.1. The second kappa shape index (κ2) is 8.28. The minimum atomic E-state index is -1.20. The van der Waals surface area contributed by atoms with Gasteiger partial charge in [0.2, 0.25) is 0 Å². The molecule has 0 bridgehead atoms. The molecular weight excluding hydrogens is 362 g/mol. The number of ether oxygens (including phenoxy) is 3. The largest absolute Gasteiger partial charge is 0.493 e. The molecule has 3 aromatic rings. The number of aromatic nitrogens is 2. The quantitative estimate of drug-likeness (QED) is 0.541. The molecule has 4 N–H and O–H groups in total. The van der Waals surface area contributed by atoms with Crippen molar-refractivity contribution in [2.24, 2.45) is 0 Å². The van der Waals surface area contributed by atoms with E-state index in [9.17, 15) is 5.11 Å². The molecule has 0 aliphatic heterocycles. The topological polar surface area (TPSA) is 120 Å². The molecule has 1 atom stereocenters. The van der Waals surface area contributed by atoms with Gasteiger partial charge < -0.3 is 30.2 Å². The summed E-state index contributed by atoms with van der Waals surface area (Å²) in [6.45, 7) is 1.42. The SMILES string of the molecule is COc1cc2c(Oc3ccc(N)nc3)ccnc2cc1OCC[C@](C)(O)CO. The van der Waals surface area contributed by atoms with E-state index in [4.69, 9.17) is 25.1 Å². The van der Waals surface area contributed by atoms with E-state index in [2.05, 4.69) is 9.97 Å². The fourth-order valence-corrected chi connectivity index (χ4v) is 2.53. The number of aliphatic hydroxyl groups excluding tert-OH is 1. The number of nitrogen functional groups attached to an aromatic ring is 1. The van der Waals surface area contributed by atoms with Crippen LogP contribution in [-0.4, -0.2) is 46.1 Å². The van der Waals surface area contributed by atoms with Crippen LogP contribution in [0.2, 0.25) is 0 Å². The van der Waals surface area contributed by atoms with Crippen LogP contribution in [0.15, 0.2) is 42.7 Å². The van der Waals surface area contributed by atoms with Crippen molar-refractivity contribution in [2.75, 3.05) is 26.1 Å². The summed E-state index contributed by atoms with van der Waals surface area (Å²) < 4.78 is 17.1. The fraction of sp³-hybridized carbons (Fsp3) is 0.300. The standard InChI is InChI=1S/C20H23N3O5/c1-20(25,12-24)6-8-27-18-10-15-14(9-17(18)26-2)16(5-7-22-15)28-13-3-4-19(21)23-11-13/h3-5,7,9-11,24-25H,6,8,12H2,1-2H3,(H2,21,23)/t20-/m0/s1. The van der Waals surface area contributed by atoms with Crippen LogP contribution in [0.4, 0.5) is 5.82 Å². The van der Waals surface area contributed by atoms with E-state index in [1.807, 2.05) is 0 Å². The maximum atomic E-state index is 9.89. The molecule has 8 heteroatoms. The average molecular weight is 385 g/mol. The summed E-state index contributed by atoms with van der Waals surface area (Å²) in [6, 6.07) is 8.66. The van der Waals surface area contributed by atoms with Crippen LogP contribution in [0.5, 0.6) is 23.0 Å². The molecule has 0 aliphatic rings. The molecule has 0 fully saturated rings. The Kier molecular flexibility index (Phi) is 5.81. The van der Waals surface area contributed by atoms with E-state index in [0.717, 1.165) is 5.39 Å². The molecule has 0 saturated carbocycles. The van der Waals surface area contributed by atoms with Crippen molar-refractivity contribution < 1.29 is 24.4 Å². The van der Waals surface area contributed by atoms with Crippen molar-refractivity contribution in [1.29, 1.82) is 0 Å². The molecule has 0 spiro atoms. The highest BCUT2D eigenvalue weighted by molar-refractivity contribution is 5.88. The Hall–Kier alpha value is -3.10. The zero-order valence-electron chi connectivity index (χ0n) is 15.8. The minimum Gasteiger partial charge on any atom is -0.493 e. The van der Waals surface area contributed by atoms with Crippen LogP contribution < -0.4 is 19.9 Å². The molecule has 3 rings (SSSR count). The number of nitrogens with zero attached hydrogens (tertiary/aromatic N) is 2. The van der Waals surface area contributed by atoms with E-state index in [1.165, 1.54) is 0 Å². The molecule has 0 radical (unpaired) electrons. The van der Waals surface area contributed by atoms with Gasteiger partial charge in [0, 0.05) is 24.1 Å². The third-order valence-corrected chi connectivity index (χ3v) is 4.21. The Morgan fingerprint density at radius 2 is 1.93 bits per heavy atom. The maximum absolute atomic E-state index is 9.89. The number of hydrogen-bond acceptors (Lipinski definition) is 8. The van der Waals surface area contributed by atoms with Crippen LogP contribution in [0, 0.1) is 0 Å². The number of aliphatic hydroxyl groups is 2. The van der Waals surface area contributed by atoms with Gasteiger partial charge in [-0.05, 0) is 31.2 Å². The molecule has 0 saturated heterocycles. The van der Waals surface area contributed by atoms with Crippen molar-refractivity contribution in [3.05, 3.63) is 42.7 Å². The highest BCUT2D eigenvalue weighted by atomic mass is 16.5. The number of methoxy groups -OCH3 is 1. The third kappa shape index (κ3) is 4.59. The van der Waals surface area contributed by atoms with E-state index >= 15 is 0 Å². The summed E-state index contributed by atoms with van der Waals surface area (Å²) >= 11 is 0. The first-order chi connectivity index (χ1) is 13.4. The molecular formula is C20H23N3O5. The molecule has 1 aromatic carbocycles. The highest BCUT2D eigenvalue weighted by Crippen LogP contribution is 2.37. The number of hydrogen-bond donors (Lipinski definition) is 3. The molecule has 0 unspecified atom stereocenters. The number of fused-ring (bicyclic) bond motifs is 1. The number of benzene rings is 1. The van der Waals surface area contributed by atoms with Crippen molar-refractivity contribution >= 4 is 16.7 Å². The lowest BCUT2D eigenvalue weighted by molar-refractivity contribution is -0.0140. The minimum absolute atomic E-state index is 0.211. The zero-order chi connectivity index (χ0) is 20.1. The van der Waals surface area contributed by atoms with Gasteiger partial charge in [-0.15, -0.1) is 0 Å². The smallest absolute Gasteiger partial charge is 0.163 e. The van der Waals surface area contributed by atoms with Crippen molar-refractivity contribution in [1.82, 2.24) is 9.97 Å². The van der Waals surface area contributed by atoms with Crippen LogP contribution in [0.3, 0.4) is 0 Å². The molecule has 148 valence electrons. The van der Waals surface area contributed by atoms with Gasteiger partial charge in [0.1, 0.15) is 17.3 Å². The summed E-state index contributed by atoms with van der Waals surface area (Å²) in [7, 11) is 1.54. The van der Waals surface area contributed by atoms with Gasteiger partial charge in [-0.3, -0.25) is 4.98 Å². The lowest BCUT2D eigenvalue weighted by Crippen LogP contribution is -2.31. The van der Waals surface area contributed by atoms with Crippen LogP contribution in [0.1, 0.15) is 13.3 Å². The molecule has 0 amide bonds. The molecule has 2 heterocycles. The van der Waals surface area contributed by atoms with Gasteiger partial charge in [0.25, 0.3) is 0 Å². The number of rotatable bonds is 8. The summed E-state index contributed by atoms with van der Waals surface area (Å²) in [5.41, 5.74) is 5.06. The van der Waals surface area contributed by atoms with Crippen LogP contribution >= 0.6 is 0 Å². The van der Waals surface area contributed by atoms with Crippen LogP contribution in [0.25, 0.3) is 10.9 Å². The van der Waals surface area contributed by atoms with Gasteiger partial charge in [-0.25, -0.2) is 4.98 Å². The predicted molar refractivity (Wildman–Crippen MR) is 105 cm³/mol. The number of pyridine rings is 2. The van der Waals surface area contributed by atoms with Gasteiger partial charge in [-0.1, -0.05) is 0 Å². The van der Waals surface area contributed by atoms with E-state index in [-0.39, 0.29) is 19.6 Å². The lowest BCUT2D eigenvalue weighted by Gasteiger charge is -2.20. The van der Waals surface area contributed by atoms with Crippen LogP contribution in [-0.2, 0) is 0 Å². The van der Waals surface area contributed by atoms with E-state index in [0.29, 0.717) is 34.3 Å². The Morgan fingerprint density at radius 3 is 2.61 bits per heavy atom. The third-order valence-electron chi connectivity index (χ3n) is 4.21. The van der Waals surface area contributed by atoms with E-state index < -0.39 is 5.60 Å². The average Bonchev–Trinajstić information content (AvgIpc) is 2.69. The van der Waals surface area contributed by atoms with E-state index in [1.54, 1.807) is 56.8 Å². The first-order valence-electron chi connectivity index (χ1n) is 8.74. The first kappa shape index (κ1) is 19.7. The number of anilines is 1. The first-order valence-corrected chi connectivity index (χ1v) is 8.74. The summed E-state index contributed by atoms with van der Waals surface area (Å²) in [5, 5.41) is 19.8. The van der Waals surface area contributed by atoms with Gasteiger partial charge in [0.15, 0.2) is 11.5 Å². The summed E-state index contributed by atoms with van der Waals surface area (Å²) in [5.74, 6) is 2.54. The predicted octanol–water partition coefficient (Wildman–Crippen LogP) is 2.53. The van der Waals surface area contributed by atoms with Crippen molar-refractivity contribution in [2.45, 2.75) is 18.9 Å². The summed E-state index contributed by atoms with van der Waals surface area (Å²) in [4.78, 5) is 8.38. The monoisotopic (exact) mass is 385 g/mol. The molecule has 0 aliphatic carbocycles. The second-order valence-corrected chi connectivity index (χ2v) is 6.60. The maximum Gasteiger partial charge on any atom is 0.163 e. The molecule has 28 heavy (non-hydrogen) atoms. The highest BCUT2D eigenvalue weighted by Gasteiger charge is 2.19. The Morgan fingerprint density at radius 1 is 1.11 bits per heavy atom. The van der Waals surface area contributed by atoms with Crippen molar-refractivity contribution in [3.63, 3.8) is 0 Å². The van der Waals surface area contributed by atoms with Gasteiger partial charge in [0.05, 0.1) is 37.6 Å². The Labute approximate surface area is 162 Å². The zero-order valence-corrected chi connectivity index (χ0v) is 15.8. The molecule has 8 nitrogen and oxygen atoms in total. The Balaban J connectivity index is 1.87. The number of nitrogens with two attached hydrogens (primary N) is 1. The fourth-order valence-electron chi connectivity index (χ4n) is 2.53. The normalized spacial score (nSPS) is 13.1. The molecule has 2 aromatic heterocycles. The Bertz CT molecular complexity index is 944. The van der Waals surface area contributed by atoms with Gasteiger partial charge >= 0.3 is 0 Å². The van der Waals surface area contributed by atoms with Crippen molar-refractivity contribution in [3.8, 4) is 23.0 Å². The second-order valence-electron chi connectivity index (χ2n) is 6.60. The summed E-state index contributed by atoms with van der Waals surface area (Å²) in [6.07, 6.45) is 3.45. The van der Waals surface area contributed by atoms with Gasteiger partial charge in [-0.2, -0.15) is 0 Å².